The van der Waals surface area contributed by atoms with Gasteiger partial charge >= 0.3 is 12.1 Å². The molecule has 0 aliphatic carbocycles. The largest absolute Gasteiger partial charge is 0.470 e. The van der Waals surface area contributed by atoms with E-state index in [-0.39, 0.29) is 18.3 Å². The summed E-state index contributed by atoms with van der Waals surface area (Å²) in [5.41, 5.74) is 0. The van der Waals surface area contributed by atoms with Crippen LogP contribution < -0.4 is 0 Å². The number of hydrogen-bond donors (Lipinski definition) is 0. The van der Waals surface area contributed by atoms with Gasteiger partial charge in [0.15, 0.2) is 0 Å². The van der Waals surface area contributed by atoms with Crippen molar-refractivity contribution in [1.29, 1.82) is 0 Å². The summed E-state index contributed by atoms with van der Waals surface area (Å²) in [5.74, 6) is 0.268. The molecule has 1 aromatic rings. The van der Waals surface area contributed by atoms with Crippen LogP contribution in [0.3, 0.4) is 0 Å². The molecule has 3 heterocycles. The Hall–Kier alpha value is -1.33. The zero-order valence-electron chi connectivity index (χ0n) is 12.8. The third kappa shape index (κ3) is 4.19. The van der Waals surface area contributed by atoms with E-state index in [2.05, 4.69) is 14.6 Å². The van der Waals surface area contributed by atoms with Gasteiger partial charge in [-0.3, -0.25) is 9.69 Å². The van der Waals surface area contributed by atoms with Crippen molar-refractivity contribution in [3.8, 4) is 0 Å². The van der Waals surface area contributed by atoms with Gasteiger partial charge < -0.3 is 14.1 Å². The Balaban J connectivity index is 1.57. The first-order valence-electron chi connectivity index (χ1n) is 7.53. The summed E-state index contributed by atoms with van der Waals surface area (Å²) in [6.45, 7) is 2.57. The highest BCUT2D eigenvalue weighted by Gasteiger charge is 2.38. The van der Waals surface area contributed by atoms with Gasteiger partial charge in [0.1, 0.15) is 6.10 Å². The molecule has 11 heteroatoms. The molecule has 0 N–H and O–H groups in total. The Labute approximate surface area is 140 Å². The fourth-order valence-electron chi connectivity index (χ4n) is 2.61. The van der Waals surface area contributed by atoms with E-state index in [4.69, 9.17) is 4.74 Å². The van der Waals surface area contributed by atoms with E-state index in [1.165, 1.54) is 0 Å². The van der Waals surface area contributed by atoms with Gasteiger partial charge in [0.25, 0.3) is 5.91 Å². The van der Waals surface area contributed by atoms with Crippen LogP contribution in [0.1, 0.15) is 11.8 Å². The van der Waals surface area contributed by atoms with Gasteiger partial charge in [-0.1, -0.05) is 0 Å². The second-order valence-electron chi connectivity index (χ2n) is 5.53. The molecule has 0 spiro atoms. The van der Waals surface area contributed by atoms with Crippen molar-refractivity contribution >= 4 is 17.7 Å². The van der Waals surface area contributed by atoms with Gasteiger partial charge in [0.05, 0.1) is 13.2 Å². The number of thioether (sulfide) groups is 1. The van der Waals surface area contributed by atoms with E-state index >= 15 is 0 Å². The van der Waals surface area contributed by atoms with Gasteiger partial charge in [0.2, 0.25) is 5.89 Å². The van der Waals surface area contributed by atoms with Crippen molar-refractivity contribution in [2.24, 2.45) is 0 Å². The summed E-state index contributed by atoms with van der Waals surface area (Å²) < 4.78 is 47.6. The molecule has 0 aromatic carbocycles. The fraction of sp³-hybridized carbons (Fsp3) is 0.769. The molecular weight excluding hydrogens is 349 g/mol. The quantitative estimate of drug-likeness (QED) is 0.786. The van der Waals surface area contributed by atoms with Crippen LogP contribution in [0.5, 0.6) is 0 Å². The van der Waals surface area contributed by atoms with Gasteiger partial charge in [-0.2, -0.15) is 24.9 Å². The number of nitrogens with zero attached hydrogens (tertiary/aromatic N) is 4. The van der Waals surface area contributed by atoms with Crippen molar-refractivity contribution in [1.82, 2.24) is 20.0 Å². The van der Waals surface area contributed by atoms with Gasteiger partial charge in [0, 0.05) is 37.7 Å². The monoisotopic (exact) mass is 366 g/mol. The van der Waals surface area contributed by atoms with E-state index in [1.54, 1.807) is 21.6 Å². The second-order valence-corrected chi connectivity index (χ2v) is 6.76. The first kappa shape index (κ1) is 17.5. The number of morpholine rings is 1. The van der Waals surface area contributed by atoms with E-state index in [0.29, 0.717) is 32.8 Å². The van der Waals surface area contributed by atoms with E-state index in [0.717, 1.165) is 11.5 Å². The maximum absolute atomic E-state index is 12.5. The van der Waals surface area contributed by atoms with Crippen LogP contribution >= 0.6 is 11.8 Å². The maximum atomic E-state index is 12.5. The minimum absolute atomic E-state index is 0.0616. The Kier molecular flexibility index (Phi) is 5.30. The van der Waals surface area contributed by atoms with Crippen LogP contribution in [0, 0.1) is 0 Å². The third-order valence-electron chi connectivity index (χ3n) is 3.82. The van der Waals surface area contributed by atoms with Crippen molar-refractivity contribution in [3.63, 3.8) is 0 Å². The molecule has 1 unspecified atom stereocenters. The zero-order valence-corrected chi connectivity index (χ0v) is 13.6. The summed E-state index contributed by atoms with van der Waals surface area (Å²) in [6.07, 6.45) is -5.26. The smallest absolute Gasteiger partial charge is 0.416 e. The van der Waals surface area contributed by atoms with Gasteiger partial charge in [-0.25, -0.2) is 0 Å². The molecule has 0 bridgehead atoms. The lowest BCUT2D eigenvalue weighted by Crippen LogP contribution is -2.52. The number of ether oxygens (including phenoxy) is 1. The molecule has 2 aliphatic rings. The molecule has 2 fully saturated rings. The maximum Gasteiger partial charge on any atom is 0.470 e. The Morgan fingerprint density at radius 3 is 2.67 bits per heavy atom. The molecule has 2 aliphatic heterocycles. The first-order valence-corrected chi connectivity index (χ1v) is 8.69. The number of hydrogen-bond acceptors (Lipinski definition) is 7. The zero-order chi connectivity index (χ0) is 17.2. The number of rotatable bonds is 3. The molecule has 7 nitrogen and oxygen atoms in total. The number of aromatic nitrogens is 2. The molecule has 0 saturated carbocycles. The standard InChI is InChI=1S/C13H17F3N4O3S/c14-13(15,16)12-18-17-10(23-12)8-19-1-4-22-9(7-19)11(21)20-2-5-24-6-3-20/h9H,1-8H2. The van der Waals surface area contributed by atoms with E-state index < -0.39 is 18.2 Å². The third-order valence-corrected chi connectivity index (χ3v) is 4.76. The molecule has 2 saturated heterocycles. The average molecular weight is 366 g/mol. The highest BCUT2D eigenvalue weighted by molar-refractivity contribution is 7.99. The molecule has 1 aromatic heterocycles. The predicted octanol–water partition coefficient (Wildman–Crippen LogP) is 0.865. The molecule has 24 heavy (non-hydrogen) atoms. The van der Waals surface area contributed by atoms with E-state index in [9.17, 15) is 18.0 Å². The van der Waals surface area contributed by atoms with E-state index in [1.807, 2.05) is 0 Å². The van der Waals surface area contributed by atoms with Gasteiger partial charge in [-0.15, -0.1) is 10.2 Å². The van der Waals surface area contributed by atoms with Crippen LogP contribution in [-0.4, -0.2) is 76.3 Å². The highest BCUT2D eigenvalue weighted by atomic mass is 32.2. The number of alkyl halides is 3. The van der Waals surface area contributed by atoms with Crippen LogP contribution in [0.25, 0.3) is 0 Å². The minimum atomic E-state index is -4.65. The topological polar surface area (TPSA) is 71.7 Å². The summed E-state index contributed by atoms with van der Waals surface area (Å²) in [6, 6.07) is 0. The number of carbonyl (C=O) groups is 1. The predicted molar refractivity (Wildman–Crippen MR) is 78.2 cm³/mol. The molecule has 1 atom stereocenters. The molecular formula is C13H17F3N4O3S. The minimum Gasteiger partial charge on any atom is -0.416 e. The van der Waals surface area contributed by atoms with Crippen molar-refractivity contribution in [2.75, 3.05) is 44.3 Å². The summed E-state index contributed by atoms with van der Waals surface area (Å²) >= 11 is 1.80. The van der Waals surface area contributed by atoms with Gasteiger partial charge in [-0.05, 0) is 0 Å². The molecule has 3 rings (SSSR count). The summed E-state index contributed by atoms with van der Waals surface area (Å²) in [5, 5.41) is 6.42. The molecule has 0 radical (unpaired) electrons. The summed E-state index contributed by atoms with van der Waals surface area (Å²) in [4.78, 5) is 16.0. The Morgan fingerprint density at radius 2 is 2.00 bits per heavy atom. The SMILES string of the molecule is O=C(C1CN(Cc2nnc(C(F)(F)F)o2)CCO1)N1CCSCC1. The number of halogens is 3. The number of carbonyl (C=O) groups excluding carboxylic acids is 1. The Morgan fingerprint density at radius 1 is 1.25 bits per heavy atom. The van der Waals surface area contributed by atoms with Crippen molar-refractivity contribution in [3.05, 3.63) is 11.8 Å². The molecule has 1 amide bonds. The lowest BCUT2D eigenvalue weighted by Gasteiger charge is -2.35. The second kappa shape index (κ2) is 7.28. The molecule has 134 valence electrons. The highest BCUT2D eigenvalue weighted by Crippen LogP contribution is 2.28. The number of amides is 1. The van der Waals surface area contributed by atoms with Crippen molar-refractivity contribution < 1.29 is 27.1 Å². The fourth-order valence-corrected chi connectivity index (χ4v) is 3.51. The van der Waals surface area contributed by atoms with Crippen LogP contribution in [0.15, 0.2) is 4.42 Å². The van der Waals surface area contributed by atoms with Crippen molar-refractivity contribution in [2.45, 2.75) is 18.8 Å². The Bertz CT molecular complexity index is 577. The lowest BCUT2D eigenvalue weighted by atomic mass is 10.2. The average Bonchev–Trinajstić information content (AvgIpc) is 3.04. The summed E-state index contributed by atoms with van der Waals surface area (Å²) in [7, 11) is 0. The van der Waals surface area contributed by atoms with Crippen LogP contribution in [0.4, 0.5) is 13.2 Å². The lowest BCUT2D eigenvalue weighted by molar-refractivity contribution is -0.157. The van der Waals surface area contributed by atoms with Crippen LogP contribution in [0.2, 0.25) is 0 Å². The first-order chi connectivity index (χ1) is 11.4. The normalized spacial score (nSPS) is 23.5. The van der Waals surface area contributed by atoms with Crippen LogP contribution in [-0.2, 0) is 22.3 Å².